The largest absolute Gasteiger partial charge is 0.454 e. The fraction of sp³-hybridized carbons (Fsp3) is 0.167. The summed E-state index contributed by atoms with van der Waals surface area (Å²) >= 11 is 5.67. The third kappa shape index (κ3) is 2.65. The van der Waals surface area contributed by atoms with Crippen LogP contribution in [-0.2, 0) is 6.54 Å². The van der Waals surface area contributed by atoms with Gasteiger partial charge in [-0.05, 0) is 17.7 Å². The lowest BCUT2D eigenvalue weighted by Gasteiger charge is -2.08. The van der Waals surface area contributed by atoms with Crippen LogP contribution in [0.1, 0.15) is 5.56 Å². The molecule has 0 radical (unpaired) electrons. The molecule has 2 aromatic rings. The van der Waals surface area contributed by atoms with E-state index in [1.54, 1.807) is 6.07 Å². The zero-order chi connectivity index (χ0) is 14.8. The Kier molecular flexibility index (Phi) is 3.44. The Balaban J connectivity index is 1.84. The lowest BCUT2D eigenvalue weighted by atomic mass is 10.2. The molecule has 1 N–H and O–H groups in total. The molecule has 0 spiro atoms. The van der Waals surface area contributed by atoms with Crippen molar-refractivity contribution in [1.82, 2.24) is 9.97 Å². The van der Waals surface area contributed by atoms with Crippen LogP contribution in [0, 0.1) is 10.1 Å². The highest BCUT2D eigenvalue weighted by Gasteiger charge is 2.20. The summed E-state index contributed by atoms with van der Waals surface area (Å²) in [6, 6.07) is 5.43. The zero-order valence-corrected chi connectivity index (χ0v) is 11.3. The molecular formula is C12H9ClN4O4. The van der Waals surface area contributed by atoms with Gasteiger partial charge < -0.3 is 14.8 Å². The summed E-state index contributed by atoms with van der Waals surface area (Å²) in [5.74, 6) is 1.31. The number of fused-ring (bicyclic) bond motifs is 1. The molecule has 0 fully saturated rings. The summed E-state index contributed by atoms with van der Waals surface area (Å²) in [4.78, 5) is 17.8. The third-order valence-corrected chi connectivity index (χ3v) is 3.04. The van der Waals surface area contributed by atoms with Gasteiger partial charge in [-0.25, -0.2) is 4.98 Å². The molecule has 0 unspecified atom stereocenters. The van der Waals surface area contributed by atoms with Crippen LogP contribution >= 0.6 is 11.6 Å². The Morgan fingerprint density at radius 3 is 3.10 bits per heavy atom. The average molecular weight is 309 g/mol. The van der Waals surface area contributed by atoms with Gasteiger partial charge in [-0.2, -0.15) is 4.98 Å². The number of para-hydroxylation sites is 1. The number of benzene rings is 1. The van der Waals surface area contributed by atoms with Crippen LogP contribution in [0.15, 0.2) is 24.4 Å². The molecule has 1 aromatic heterocycles. The molecule has 0 saturated carbocycles. The van der Waals surface area contributed by atoms with E-state index in [4.69, 9.17) is 21.1 Å². The van der Waals surface area contributed by atoms with E-state index in [1.165, 1.54) is 0 Å². The molecule has 0 amide bonds. The molecule has 3 rings (SSSR count). The van der Waals surface area contributed by atoms with Gasteiger partial charge in [-0.3, -0.25) is 10.1 Å². The number of hydrogen-bond donors (Lipinski definition) is 1. The minimum absolute atomic E-state index is 0.0523. The predicted molar refractivity (Wildman–Crippen MR) is 73.6 cm³/mol. The fourth-order valence-corrected chi connectivity index (χ4v) is 2.06. The van der Waals surface area contributed by atoms with Crippen molar-refractivity contribution < 1.29 is 14.4 Å². The first-order valence-corrected chi connectivity index (χ1v) is 6.31. The van der Waals surface area contributed by atoms with E-state index in [9.17, 15) is 10.1 Å². The van der Waals surface area contributed by atoms with E-state index in [-0.39, 0.29) is 30.1 Å². The van der Waals surface area contributed by atoms with Crippen LogP contribution in [0.5, 0.6) is 11.5 Å². The SMILES string of the molecule is O=[N+]([O-])c1cnc(Cl)nc1NCc1cccc2c1OCO2. The van der Waals surface area contributed by atoms with Crippen molar-refractivity contribution in [3.05, 3.63) is 45.4 Å². The maximum Gasteiger partial charge on any atom is 0.329 e. The van der Waals surface area contributed by atoms with Crippen molar-refractivity contribution in [3.8, 4) is 11.5 Å². The Hall–Kier alpha value is -2.61. The van der Waals surface area contributed by atoms with E-state index < -0.39 is 4.92 Å². The second-order valence-electron chi connectivity index (χ2n) is 4.13. The van der Waals surface area contributed by atoms with Gasteiger partial charge in [0.2, 0.25) is 17.9 Å². The second-order valence-corrected chi connectivity index (χ2v) is 4.47. The van der Waals surface area contributed by atoms with Crippen molar-refractivity contribution in [1.29, 1.82) is 0 Å². The normalized spacial score (nSPS) is 12.2. The van der Waals surface area contributed by atoms with Crippen molar-refractivity contribution in [3.63, 3.8) is 0 Å². The number of nitrogens with one attached hydrogen (secondary N) is 1. The summed E-state index contributed by atoms with van der Waals surface area (Å²) < 4.78 is 10.6. The minimum atomic E-state index is -0.576. The topological polar surface area (TPSA) is 99.4 Å². The molecule has 0 atom stereocenters. The summed E-state index contributed by atoms with van der Waals surface area (Å²) in [7, 11) is 0. The molecule has 9 heteroatoms. The van der Waals surface area contributed by atoms with Gasteiger partial charge in [0, 0.05) is 12.1 Å². The Morgan fingerprint density at radius 1 is 1.43 bits per heavy atom. The van der Waals surface area contributed by atoms with Crippen LogP contribution < -0.4 is 14.8 Å². The van der Waals surface area contributed by atoms with Crippen molar-refractivity contribution in [2.75, 3.05) is 12.1 Å². The van der Waals surface area contributed by atoms with Crippen LogP contribution in [-0.4, -0.2) is 21.7 Å². The van der Waals surface area contributed by atoms with Crippen LogP contribution in [0.25, 0.3) is 0 Å². The highest BCUT2D eigenvalue weighted by Crippen LogP contribution is 2.35. The molecule has 21 heavy (non-hydrogen) atoms. The standard InChI is InChI=1S/C12H9ClN4O4/c13-12-15-5-8(17(18)19)11(16-12)14-4-7-2-1-3-9-10(7)21-6-20-9/h1-3,5H,4,6H2,(H,14,15,16). The quantitative estimate of drug-likeness (QED) is 0.526. The van der Waals surface area contributed by atoms with Crippen LogP contribution in [0.4, 0.5) is 11.5 Å². The third-order valence-electron chi connectivity index (χ3n) is 2.86. The average Bonchev–Trinajstić information content (AvgIpc) is 2.93. The van der Waals surface area contributed by atoms with Crippen molar-refractivity contribution in [2.45, 2.75) is 6.54 Å². The van der Waals surface area contributed by atoms with E-state index in [1.807, 2.05) is 12.1 Å². The molecule has 0 aliphatic carbocycles. The molecular weight excluding hydrogens is 300 g/mol. The number of aromatic nitrogens is 2. The first kappa shape index (κ1) is 13.4. The van der Waals surface area contributed by atoms with E-state index in [0.29, 0.717) is 11.5 Å². The van der Waals surface area contributed by atoms with Gasteiger partial charge in [0.1, 0.15) is 6.20 Å². The lowest BCUT2D eigenvalue weighted by Crippen LogP contribution is -2.06. The Morgan fingerprint density at radius 2 is 2.29 bits per heavy atom. The molecule has 8 nitrogen and oxygen atoms in total. The highest BCUT2D eigenvalue weighted by molar-refractivity contribution is 6.28. The number of rotatable bonds is 4. The lowest BCUT2D eigenvalue weighted by molar-refractivity contribution is -0.384. The van der Waals surface area contributed by atoms with Gasteiger partial charge >= 0.3 is 5.69 Å². The number of anilines is 1. The Labute approximate surface area is 123 Å². The second kappa shape index (κ2) is 5.41. The molecule has 0 bridgehead atoms. The first-order valence-electron chi connectivity index (χ1n) is 5.93. The van der Waals surface area contributed by atoms with Gasteiger partial charge in [-0.1, -0.05) is 12.1 Å². The van der Waals surface area contributed by atoms with Gasteiger partial charge in [0.05, 0.1) is 4.92 Å². The molecule has 0 saturated heterocycles. The summed E-state index contributed by atoms with van der Waals surface area (Å²) in [5.41, 5.74) is 0.554. The fourth-order valence-electron chi connectivity index (χ4n) is 1.93. The molecule has 1 aromatic carbocycles. The van der Waals surface area contributed by atoms with Crippen molar-refractivity contribution >= 4 is 23.1 Å². The van der Waals surface area contributed by atoms with Crippen molar-refractivity contribution in [2.24, 2.45) is 0 Å². The van der Waals surface area contributed by atoms with Crippen LogP contribution in [0.3, 0.4) is 0 Å². The first-order chi connectivity index (χ1) is 10.1. The Bertz CT molecular complexity index is 710. The summed E-state index contributed by atoms with van der Waals surface area (Å²) in [6.07, 6.45) is 1.06. The number of nitrogens with zero attached hydrogens (tertiary/aromatic N) is 3. The predicted octanol–water partition coefficient (Wildman–Crippen LogP) is 2.38. The minimum Gasteiger partial charge on any atom is -0.454 e. The van der Waals surface area contributed by atoms with Gasteiger partial charge in [-0.15, -0.1) is 0 Å². The van der Waals surface area contributed by atoms with E-state index in [0.717, 1.165) is 11.8 Å². The molecule has 1 aliphatic rings. The maximum absolute atomic E-state index is 10.9. The number of nitro groups is 1. The highest BCUT2D eigenvalue weighted by atomic mass is 35.5. The monoisotopic (exact) mass is 308 g/mol. The van der Waals surface area contributed by atoms with Crippen LogP contribution in [0.2, 0.25) is 5.28 Å². The van der Waals surface area contributed by atoms with E-state index in [2.05, 4.69) is 15.3 Å². The smallest absolute Gasteiger partial charge is 0.329 e. The zero-order valence-electron chi connectivity index (χ0n) is 10.6. The maximum atomic E-state index is 10.9. The number of hydrogen-bond acceptors (Lipinski definition) is 7. The van der Waals surface area contributed by atoms with E-state index >= 15 is 0 Å². The molecule has 2 heterocycles. The summed E-state index contributed by atoms with van der Waals surface area (Å²) in [5, 5.41) is 13.7. The molecule has 108 valence electrons. The van der Waals surface area contributed by atoms with Gasteiger partial charge in [0.15, 0.2) is 11.5 Å². The summed E-state index contributed by atoms with van der Waals surface area (Å²) in [6.45, 7) is 0.437. The molecule has 1 aliphatic heterocycles. The number of ether oxygens (including phenoxy) is 2. The van der Waals surface area contributed by atoms with Gasteiger partial charge in [0.25, 0.3) is 0 Å². The number of halogens is 1.